The van der Waals surface area contributed by atoms with Gasteiger partial charge in [-0.25, -0.2) is 9.97 Å². The Hall–Kier alpha value is -3.41. The van der Waals surface area contributed by atoms with E-state index >= 15 is 0 Å². The summed E-state index contributed by atoms with van der Waals surface area (Å²) in [5, 5.41) is 0.618. The molecule has 29 heavy (non-hydrogen) atoms. The van der Waals surface area contributed by atoms with Crippen molar-refractivity contribution in [1.29, 1.82) is 0 Å². The van der Waals surface area contributed by atoms with Crippen LogP contribution in [0.2, 0.25) is 0 Å². The van der Waals surface area contributed by atoms with Crippen LogP contribution in [-0.2, 0) is 6.42 Å². The Balaban J connectivity index is 1.45. The Morgan fingerprint density at radius 1 is 1.24 bits per heavy atom. The van der Waals surface area contributed by atoms with E-state index in [-0.39, 0.29) is 5.56 Å². The van der Waals surface area contributed by atoms with Gasteiger partial charge in [-0.2, -0.15) is 0 Å². The van der Waals surface area contributed by atoms with E-state index in [0.29, 0.717) is 29.1 Å². The van der Waals surface area contributed by atoms with E-state index in [1.807, 2.05) is 53.5 Å². The predicted molar refractivity (Wildman–Crippen MR) is 112 cm³/mol. The van der Waals surface area contributed by atoms with Gasteiger partial charge < -0.3 is 14.3 Å². The molecule has 1 fully saturated rings. The lowest BCUT2D eigenvalue weighted by Gasteiger charge is -2.10. The van der Waals surface area contributed by atoms with Gasteiger partial charge in [-0.15, -0.1) is 0 Å². The normalized spacial score (nSPS) is 13.7. The van der Waals surface area contributed by atoms with Gasteiger partial charge in [-0.1, -0.05) is 6.07 Å². The van der Waals surface area contributed by atoms with Gasteiger partial charge in [0.25, 0.3) is 5.56 Å². The van der Waals surface area contributed by atoms with Gasteiger partial charge >= 0.3 is 0 Å². The average molecular weight is 386 g/mol. The second-order valence-corrected chi connectivity index (χ2v) is 7.70. The largest absolute Gasteiger partial charge is 0.496 e. The molecule has 1 saturated carbocycles. The van der Waals surface area contributed by atoms with Crippen molar-refractivity contribution in [2.45, 2.75) is 32.1 Å². The number of aryl methyl sites for hydroxylation is 1. The van der Waals surface area contributed by atoms with Crippen LogP contribution in [0.4, 0.5) is 0 Å². The van der Waals surface area contributed by atoms with Crippen molar-refractivity contribution < 1.29 is 4.74 Å². The van der Waals surface area contributed by atoms with Crippen molar-refractivity contribution in [2.24, 2.45) is 0 Å². The molecule has 0 bridgehead atoms. The van der Waals surface area contributed by atoms with E-state index < -0.39 is 0 Å². The summed E-state index contributed by atoms with van der Waals surface area (Å²) in [4.78, 5) is 24.8. The number of ether oxygens (including phenoxy) is 1. The monoisotopic (exact) mass is 386 g/mol. The Bertz CT molecular complexity index is 1250. The van der Waals surface area contributed by atoms with Crippen molar-refractivity contribution in [1.82, 2.24) is 19.5 Å². The van der Waals surface area contributed by atoms with Crippen LogP contribution in [-0.4, -0.2) is 26.6 Å². The molecule has 3 heterocycles. The van der Waals surface area contributed by atoms with Gasteiger partial charge in [0, 0.05) is 31.1 Å². The molecule has 0 unspecified atom stereocenters. The fourth-order valence-electron chi connectivity index (χ4n) is 3.72. The first-order valence-electron chi connectivity index (χ1n) is 9.81. The van der Waals surface area contributed by atoms with E-state index in [2.05, 4.69) is 21.9 Å². The number of hydrogen-bond acceptors (Lipinski definition) is 4. The van der Waals surface area contributed by atoms with E-state index in [9.17, 15) is 4.79 Å². The summed E-state index contributed by atoms with van der Waals surface area (Å²) in [6, 6.07) is 9.86. The Morgan fingerprint density at radius 3 is 2.76 bits per heavy atom. The predicted octanol–water partition coefficient (Wildman–Crippen LogP) is 3.89. The van der Waals surface area contributed by atoms with Crippen molar-refractivity contribution in [3.63, 3.8) is 0 Å². The van der Waals surface area contributed by atoms with Crippen molar-refractivity contribution in [2.75, 3.05) is 7.11 Å². The molecule has 4 aromatic rings. The lowest BCUT2D eigenvalue weighted by molar-refractivity contribution is 0.410. The zero-order chi connectivity index (χ0) is 20.0. The maximum Gasteiger partial charge on any atom is 0.258 e. The first-order chi connectivity index (χ1) is 14.1. The van der Waals surface area contributed by atoms with E-state index in [4.69, 9.17) is 4.74 Å². The fraction of sp³-hybridized carbons (Fsp3) is 0.261. The highest BCUT2D eigenvalue weighted by molar-refractivity contribution is 5.81. The zero-order valence-electron chi connectivity index (χ0n) is 16.5. The molecule has 0 spiro atoms. The van der Waals surface area contributed by atoms with Gasteiger partial charge in [-0.3, -0.25) is 4.79 Å². The molecule has 1 aliphatic rings. The minimum atomic E-state index is -0.109. The van der Waals surface area contributed by atoms with Gasteiger partial charge in [-0.05, 0) is 60.6 Å². The summed E-state index contributed by atoms with van der Waals surface area (Å²) < 4.78 is 7.53. The number of aromatic amines is 1. The smallest absolute Gasteiger partial charge is 0.258 e. The van der Waals surface area contributed by atoms with Crippen molar-refractivity contribution >= 4 is 10.9 Å². The number of nitrogens with one attached hydrogen (secondary N) is 1. The highest BCUT2D eigenvalue weighted by atomic mass is 16.5. The molecule has 6 nitrogen and oxygen atoms in total. The molecular formula is C23H22N4O2. The number of aromatic nitrogens is 4. The van der Waals surface area contributed by atoms with E-state index in [1.165, 1.54) is 5.56 Å². The molecule has 0 saturated heterocycles. The molecule has 0 radical (unpaired) electrons. The summed E-state index contributed by atoms with van der Waals surface area (Å²) in [7, 11) is 1.67. The topological polar surface area (TPSA) is 72.8 Å². The quantitative estimate of drug-likeness (QED) is 0.565. The first-order valence-corrected chi connectivity index (χ1v) is 9.81. The third kappa shape index (κ3) is 3.42. The highest BCUT2D eigenvalue weighted by Gasteiger charge is 2.27. The van der Waals surface area contributed by atoms with Gasteiger partial charge in [0.05, 0.1) is 18.0 Å². The Kier molecular flexibility index (Phi) is 4.19. The van der Waals surface area contributed by atoms with Crippen LogP contribution in [0.15, 0.2) is 53.7 Å². The Morgan fingerprint density at radius 2 is 2.10 bits per heavy atom. The van der Waals surface area contributed by atoms with Gasteiger partial charge in [0.15, 0.2) is 0 Å². The SMILES string of the molecule is COc1cc2nc(Cc3ccc(-n4ccc(C)c4)nc3)[nH]c(=O)c2cc1C1CC1. The Labute approximate surface area is 168 Å². The number of nitrogens with zero attached hydrogens (tertiary/aromatic N) is 3. The molecule has 0 aliphatic heterocycles. The number of hydrogen-bond donors (Lipinski definition) is 1. The van der Waals surface area contributed by atoms with Crippen LogP contribution in [0, 0.1) is 6.92 Å². The molecule has 1 N–H and O–H groups in total. The third-order valence-corrected chi connectivity index (χ3v) is 5.41. The fourth-order valence-corrected chi connectivity index (χ4v) is 3.72. The molecule has 146 valence electrons. The minimum absolute atomic E-state index is 0.109. The average Bonchev–Trinajstić information content (AvgIpc) is 3.48. The van der Waals surface area contributed by atoms with Crippen LogP contribution in [0.3, 0.4) is 0 Å². The summed E-state index contributed by atoms with van der Waals surface area (Å²) in [6.45, 7) is 2.05. The van der Waals surface area contributed by atoms with Crippen LogP contribution in [0.25, 0.3) is 16.7 Å². The minimum Gasteiger partial charge on any atom is -0.496 e. The molecule has 0 atom stereocenters. The van der Waals surface area contributed by atoms with Crippen molar-refractivity contribution in [3.05, 3.63) is 81.8 Å². The molecule has 1 aromatic carbocycles. The molecule has 1 aliphatic carbocycles. The first kappa shape index (κ1) is 17.7. The van der Waals surface area contributed by atoms with Gasteiger partial charge in [0.2, 0.25) is 0 Å². The number of fused-ring (bicyclic) bond motifs is 1. The van der Waals surface area contributed by atoms with Crippen molar-refractivity contribution in [3.8, 4) is 11.6 Å². The van der Waals surface area contributed by atoms with Crippen LogP contribution < -0.4 is 10.3 Å². The number of benzene rings is 1. The number of rotatable bonds is 5. The lowest BCUT2D eigenvalue weighted by Crippen LogP contribution is -2.13. The number of methoxy groups -OCH3 is 1. The summed E-state index contributed by atoms with van der Waals surface area (Å²) in [5.74, 6) is 2.80. The molecule has 0 amide bonds. The third-order valence-electron chi connectivity index (χ3n) is 5.41. The van der Waals surface area contributed by atoms with Gasteiger partial charge in [0.1, 0.15) is 17.4 Å². The van der Waals surface area contributed by atoms with Crippen LogP contribution >= 0.6 is 0 Å². The molecule has 3 aromatic heterocycles. The van der Waals surface area contributed by atoms with E-state index in [1.54, 1.807) is 7.11 Å². The second kappa shape index (κ2) is 6.88. The van der Waals surface area contributed by atoms with Crippen LogP contribution in [0.5, 0.6) is 5.75 Å². The van der Waals surface area contributed by atoms with E-state index in [0.717, 1.165) is 35.5 Å². The zero-order valence-corrected chi connectivity index (χ0v) is 16.5. The maximum absolute atomic E-state index is 12.7. The summed E-state index contributed by atoms with van der Waals surface area (Å²) >= 11 is 0. The highest BCUT2D eigenvalue weighted by Crippen LogP contribution is 2.45. The summed E-state index contributed by atoms with van der Waals surface area (Å²) in [5.41, 5.74) is 3.84. The number of pyridine rings is 1. The standard InChI is InChI=1S/C23H22N4O2/c1-14-7-8-27(13-14)22-6-3-15(12-24-22)9-21-25-19-11-20(29-2)17(16-4-5-16)10-18(19)23(28)26-21/h3,6-8,10-13,16H,4-5,9H2,1-2H3,(H,25,26,28). The number of H-pyrrole nitrogens is 1. The maximum atomic E-state index is 12.7. The molecule has 6 heteroatoms. The molecular weight excluding hydrogens is 364 g/mol. The molecule has 5 rings (SSSR count). The summed E-state index contributed by atoms with van der Waals surface area (Å²) in [6.07, 6.45) is 8.66. The van der Waals surface area contributed by atoms with Crippen LogP contribution in [0.1, 0.15) is 41.3 Å². The second-order valence-electron chi connectivity index (χ2n) is 7.70. The lowest BCUT2D eigenvalue weighted by atomic mass is 10.1.